The molecule has 0 atom stereocenters. The first-order chi connectivity index (χ1) is 16.6. The molecule has 1 saturated heterocycles. The van der Waals surface area contributed by atoms with Crippen LogP contribution in [-0.4, -0.2) is 65.5 Å². The van der Waals surface area contributed by atoms with E-state index in [-0.39, 0.29) is 5.91 Å². The summed E-state index contributed by atoms with van der Waals surface area (Å²) in [6.07, 6.45) is 0. The maximum absolute atomic E-state index is 13.0. The Morgan fingerprint density at radius 2 is 1.50 bits per heavy atom. The van der Waals surface area contributed by atoms with E-state index in [2.05, 4.69) is 51.9 Å². The fourth-order valence-corrected chi connectivity index (χ4v) is 4.58. The Kier molecular flexibility index (Phi) is 6.32. The molecule has 6 nitrogen and oxygen atoms in total. The minimum Gasteiger partial charge on any atom is -0.378 e. The maximum atomic E-state index is 13.0. The topological polar surface area (TPSA) is 44.6 Å². The Bertz CT molecular complexity index is 1260. The minimum absolute atomic E-state index is 0.112. The van der Waals surface area contributed by atoms with Gasteiger partial charge in [-0.25, -0.2) is 4.98 Å². The van der Waals surface area contributed by atoms with Crippen molar-refractivity contribution in [2.75, 3.05) is 45.2 Å². The van der Waals surface area contributed by atoms with Gasteiger partial charge in [-0.3, -0.25) is 9.69 Å². The first kappa shape index (κ1) is 22.2. The average molecular weight is 454 g/mol. The van der Waals surface area contributed by atoms with Gasteiger partial charge < -0.3 is 14.4 Å². The number of hydrogen-bond acceptors (Lipinski definition) is 4. The Labute approximate surface area is 201 Å². The average Bonchev–Trinajstić information content (AvgIpc) is 3.21. The number of hydrogen-bond donors (Lipinski definition) is 0. The molecule has 174 valence electrons. The predicted molar refractivity (Wildman–Crippen MR) is 137 cm³/mol. The van der Waals surface area contributed by atoms with Gasteiger partial charge in [0.15, 0.2) is 0 Å². The summed E-state index contributed by atoms with van der Waals surface area (Å²) in [5.41, 5.74) is 5.31. The summed E-state index contributed by atoms with van der Waals surface area (Å²) in [5, 5.41) is 0. The molecule has 3 aromatic carbocycles. The van der Waals surface area contributed by atoms with Crippen LogP contribution in [0.15, 0.2) is 78.9 Å². The molecular weight excluding hydrogens is 422 g/mol. The van der Waals surface area contributed by atoms with Crippen molar-refractivity contribution in [1.29, 1.82) is 0 Å². The molecule has 0 spiro atoms. The van der Waals surface area contributed by atoms with E-state index in [1.807, 2.05) is 60.3 Å². The van der Waals surface area contributed by atoms with Gasteiger partial charge in [-0.2, -0.15) is 0 Å². The molecule has 1 aromatic heterocycles. The van der Waals surface area contributed by atoms with Gasteiger partial charge in [0.05, 0.1) is 17.6 Å². The normalized spacial score (nSPS) is 14.5. The van der Waals surface area contributed by atoms with Crippen molar-refractivity contribution in [2.45, 2.75) is 13.1 Å². The SMILES string of the molecule is CN(C)c1ccc(C(=O)N2CCN(Cc3nc4ccccc4n3Cc3ccccc3)CC2)cc1. The van der Waals surface area contributed by atoms with Crippen LogP contribution >= 0.6 is 0 Å². The molecule has 0 N–H and O–H groups in total. The quantitative estimate of drug-likeness (QED) is 0.441. The fourth-order valence-electron chi connectivity index (χ4n) is 4.58. The van der Waals surface area contributed by atoms with Crippen LogP contribution in [0.25, 0.3) is 11.0 Å². The van der Waals surface area contributed by atoms with Crippen LogP contribution < -0.4 is 4.90 Å². The first-order valence-electron chi connectivity index (χ1n) is 11.9. The number of rotatable bonds is 6. The molecule has 1 aliphatic heterocycles. The van der Waals surface area contributed by atoms with Gasteiger partial charge in [0.2, 0.25) is 0 Å². The molecule has 1 fully saturated rings. The van der Waals surface area contributed by atoms with Crippen molar-refractivity contribution < 1.29 is 4.79 Å². The number of aromatic nitrogens is 2. The third kappa shape index (κ3) is 4.68. The van der Waals surface area contributed by atoms with Gasteiger partial charge in [-0.15, -0.1) is 0 Å². The number of imidazole rings is 1. The molecular formula is C28H31N5O. The molecule has 5 rings (SSSR count). The van der Waals surface area contributed by atoms with Gasteiger partial charge in [-0.1, -0.05) is 42.5 Å². The summed E-state index contributed by atoms with van der Waals surface area (Å²) >= 11 is 0. The van der Waals surface area contributed by atoms with Crippen molar-refractivity contribution in [2.24, 2.45) is 0 Å². The molecule has 1 amide bonds. The van der Waals surface area contributed by atoms with E-state index in [1.54, 1.807) is 0 Å². The van der Waals surface area contributed by atoms with Gasteiger partial charge in [0.25, 0.3) is 5.91 Å². The molecule has 0 saturated carbocycles. The highest BCUT2D eigenvalue weighted by Crippen LogP contribution is 2.20. The van der Waals surface area contributed by atoms with Crippen molar-refractivity contribution in [3.63, 3.8) is 0 Å². The zero-order chi connectivity index (χ0) is 23.5. The standard InChI is InChI=1S/C28H31N5O/c1-30(2)24-14-12-23(13-15-24)28(34)32-18-16-31(17-19-32)21-27-29-25-10-6-7-11-26(25)33(27)20-22-8-4-3-5-9-22/h3-15H,16-21H2,1-2H3. The Hall–Kier alpha value is -3.64. The molecule has 0 unspecified atom stereocenters. The number of amides is 1. The summed E-state index contributed by atoms with van der Waals surface area (Å²) in [6.45, 7) is 4.73. The third-order valence-electron chi connectivity index (χ3n) is 6.57. The lowest BCUT2D eigenvalue weighted by atomic mass is 10.1. The van der Waals surface area contributed by atoms with Gasteiger partial charge >= 0.3 is 0 Å². The second-order valence-corrected chi connectivity index (χ2v) is 9.10. The molecule has 34 heavy (non-hydrogen) atoms. The lowest BCUT2D eigenvalue weighted by Crippen LogP contribution is -2.48. The molecule has 1 aliphatic rings. The van der Waals surface area contributed by atoms with Crippen LogP contribution in [0.3, 0.4) is 0 Å². The second-order valence-electron chi connectivity index (χ2n) is 9.10. The number of anilines is 1. The van der Waals surface area contributed by atoms with Gasteiger partial charge in [0, 0.05) is 58.1 Å². The van der Waals surface area contributed by atoms with Crippen LogP contribution in [0, 0.1) is 0 Å². The van der Waals surface area contributed by atoms with Crippen molar-refractivity contribution in [3.05, 3.63) is 95.8 Å². The highest BCUT2D eigenvalue weighted by atomic mass is 16.2. The van der Waals surface area contributed by atoms with Crippen molar-refractivity contribution in [1.82, 2.24) is 19.4 Å². The zero-order valence-corrected chi connectivity index (χ0v) is 19.9. The van der Waals surface area contributed by atoms with Gasteiger partial charge in [0.1, 0.15) is 5.82 Å². The highest BCUT2D eigenvalue weighted by molar-refractivity contribution is 5.94. The lowest BCUT2D eigenvalue weighted by Gasteiger charge is -2.34. The number of carbonyl (C=O) groups excluding carboxylic acids is 1. The predicted octanol–water partition coefficient (Wildman–Crippen LogP) is 4.11. The molecule has 0 aliphatic carbocycles. The second kappa shape index (κ2) is 9.69. The van der Waals surface area contributed by atoms with Crippen LogP contribution in [0.2, 0.25) is 0 Å². The largest absolute Gasteiger partial charge is 0.378 e. The van der Waals surface area contributed by atoms with E-state index in [4.69, 9.17) is 4.98 Å². The number of piperazine rings is 1. The summed E-state index contributed by atoms with van der Waals surface area (Å²) in [7, 11) is 4.01. The molecule has 4 aromatic rings. The summed E-state index contributed by atoms with van der Waals surface area (Å²) in [6, 6.07) is 26.7. The molecule has 0 radical (unpaired) electrons. The van der Waals surface area contributed by atoms with E-state index in [9.17, 15) is 4.79 Å². The summed E-state index contributed by atoms with van der Waals surface area (Å²) < 4.78 is 2.33. The summed E-state index contributed by atoms with van der Waals surface area (Å²) in [5.74, 6) is 1.19. The van der Waals surface area contributed by atoms with Crippen LogP contribution in [0.5, 0.6) is 0 Å². The maximum Gasteiger partial charge on any atom is 0.253 e. The van der Waals surface area contributed by atoms with E-state index in [0.717, 1.165) is 67.4 Å². The van der Waals surface area contributed by atoms with E-state index in [1.165, 1.54) is 5.56 Å². The van der Waals surface area contributed by atoms with Crippen molar-refractivity contribution >= 4 is 22.6 Å². The number of para-hydroxylation sites is 2. The number of nitrogens with zero attached hydrogens (tertiary/aromatic N) is 5. The lowest BCUT2D eigenvalue weighted by molar-refractivity contribution is 0.0624. The van der Waals surface area contributed by atoms with E-state index < -0.39 is 0 Å². The Balaban J connectivity index is 1.27. The summed E-state index contributed by atoms with van der Waals surface area (Å²) in [4.78, 5) is 24.4. The number of fused-ring (bicyclic) bond motifs is 1. The fraction of sp³-hybridized carbons (Fsp3) is 0.286. The number of carbonyl (C=O) groups is 1. The van der Waals surface area contributed by atoms with Crippen LogP contribution in [0.1, 0.15) is 21.7 Å². The minimum atomic E-state index is 0.112. The monoisotopic (exact) mass is 453 g/mol. The zero-order valence-electron chi connectivity index (χ0n) is 19.9. The van der Waals surface area contributed by atoms with Crippen molar-refractivity contribution in [3.8, 4) is 0 Å². The number of benzene rings is 3. The Morgan fingerprint density at radius 3 is 2.21 bits per heavy atom. The Morgan fingerprint density at radius 1 is 0.824 bits per heavy atom. The third-order valence-corrected chi connectivity index (χ3v) is 6.57. The molecule has 6 heteroatoms. The molecule has 0 bridgehead atoms. The van der Waals surface area contributed by atoms with E-state index >= 15 is 0 Å². The van der Waals surface area contributed by atoms with Crippen LogP contribution in [-0.2, 0) is 13.1 Å². The molecule has 2 heterocycles. The van der Waals surface area contributed by atoms with E-state index in [0.29, 0.717) is 0 Å². The smallest absolute Gasteiger partial charge is 0.253 e. The van der Waals surface area contributed by atoms with Gasteiger partial charge in [-0.05, 0) is 42.0 Å². The first-order valence-corrected chi connectivity index (χ1v) is 11.9. The van der Waals surface area contributed by atoms with Crippen LogP contribution in [0.4, 0.5) is 5.69 Å². The highest BCUT2D eigenvalue weighted by Gasteiger charge is 2.24.